The summed E-state index contributed by atoms with van der Waals surface area (Å²) in [6.07, 6.45) is 0. The number of benzene rings is 12. The summed E-state index contributed by atoms with van der Waals surface area (Å²) >= 11 is 0. The lowest BCUT2D eigenvalue weighted by Gasteiger charge is -2.27. The van der Waals surface area contributed by atoms with Gasteiger partial charge in [-0.05, 0) is 174 Å². The molecule has 0 fully saturated rings. The molecule has 0 saturated carbocycles. The minimum absolute atomic E-state index is 0.206. The van der Waals surface area contributed by atoms with E-state index >= 15 is 0 Å². The fourth-order valence-electron chi connectivity index (χ4n) is 11.5. The zero-order chi connectivity index (χ0) is 51.7. The molecule has 0 atom stereocenters. The smallest absolute Gasteiger partial charge is 0.0462 e. The monoisotopic (exact) mass is 984 g/mol. The van der Waals surface area contributed by atoms with E-state index in [0.717, 1.165) is 34.1 Å². The predicted octanol–water partition coefficient (Wildman–Crippen LogP) is 20.9. The first-order valence-electron chi connectivity index (χ1n) is 26.6. The summed E-state index contributed by atoms with van der Waals surface area (Å²) in [5.41, 5.74) is 26.0. The Labute approximate surface area is 453 Å². The lowest BCUT2D eigenvalue weighted by Crippen LogP contribution is -2.16. The molecule has 12 aromatic carbocycles. The van der Waals surface area contributed by atoms with Crippen molar-refractivity contribution in [3.8, 4) is 77.9 Å². The zero-order valence-electron chi connectivity index (χ0n) is 43.3. The van der Waals surface area contributed by atoms with Crippen LogP contribution in [0.1, 0.15) is 25.0 Å². The van der Waals surface area contributed by atoms with E-state index in [4.69, 9.17) is 0 Å². The average Bonchev–Trinajstić information content (AvgIpc) is 3.97. The largest absolute Gasteiger partial charge is 0.311 e. The van der Waals surface area contributed by atoms with Crippen LogP contribution in [0.2, 0.25) is 0 Å². The summed E-state index contributed by atoms with van der Waals surface area (Å²) < 4.78 is 0. The van der Waals surface area contributed by atoms with Crippen molar-refractivity contribution in [3.63, 3.8) is 0 Å². The van der Waals surface area contributed by atoms with Gasteiger partial charge in [-0.2, -0.15) is 0 Å². The van der Waals surface area contributed by atoms with Crippen molar-refractivity contribution in [2.24, 2.45) is 0 Å². The van der Waals surface area contributed by atoms with E-state index in [1.165, 1.54) is 89.0 Å². The van der Waals surface area contributed by atoms with Gasteiger partial charge in [-0.3, -0.25) is 0 Å². The summed E-state index contributed by atoms with van der Waals surface area (Å²) in [6, 6.07) is 110. The Hall–Kier alpha value is -9.76. The van der Waals surface area contributed by atoms with Gasteiger partial charge < -0.3 is 9.80 Å². The standard InChI is InChI=1S/C75H56N2/c1-75(2)73-26-16-15-25-70(73)72-52-63(61-35-47-68(48-36-61)76(64-39-27-57(28-40-64)53-17-7-3-8-18-53)65-41-29-58(30-42-65)54-19-9-4-10-20-54)51-71(74(72)75)62-37-49-69(50-38-62)77(66-43-31-59(32-44-66)55-21-11-5-12-22-55)67-45-33-60(34-46-67)56-23-13-6-14-24-56/h3-52H,1-2H3. The molecule has 0 aromatic heterocycles. The molecule has 0 unspecified atom stereocenters. The van der Waals surface area contributed by atoms with E-state index in [1.54, 1.807) is 0 Å². The highest BCUT2D eigenvalue weighted by molar-refractivity contribution is 5.93. The summed E-state index contributed by atoms with van der Waals surface area (Å²) in [6.45, 7) is 4.77. The minimum Gasteiger partial charge on any atom is -0.311 e. The molecule has 2 nitrogen and oxygen atoms in total. The quantitative estimate of drug-likeness (QED) is 0.120. The molecule has 13 rings (SSSR count). The normalized spacial score (nSPS) is 12.1. The number of nitrogens with zero attached hydrogens (tertiary/aromatic N) is 2. The van der Waals surface area contributed by atoms with Gasteiger partial charge in [0.15, 0.2) is 0 Å². The highest BCUT2D eigenvalue weighted by Crippen LogP contribution is 2.54. The number of hydrogen-bond donors (Lipinski definition) is 0. The molecule has 0 saturated heterocycles. The van der Waals surface area contributed by atoms with Gasteiger partial charge in [0, 0.05) is 39.5 Å². The molecule has 0 N–H and O–H groups in total. The van der Waals surface area contributed by atoms with E-state index in [0.29, 0.717) is 0 Å². The van der Waals surface area contributed by atoms with E-state index < -0.39 is 0 Å². The molecular weight excluding hydrogens is 929 g/mol. The maximum atomic E-state index is 2.43. The highest BCUT2D eigenvalue weighted by atomic mass is 15.1. The highest BCUT2D eigenvalue weighted by Gasteiger charge is 2.38. The molecule has 0 aliphatic heterocycles. The van der Waals surface area contributed by atoms with Crippen LogP contribution in [0, 0.1) is 0 Å². The molecule has 0 heterocycles. The van der Waals surface area contributed by atoms with Crippen LogP contribution in [0.25, 0.3) is 77.9 Å². The molecule has 0 spiro atoms. The zero-order valence-corrected chi connectivity index (χ0v) is 43.3. The first-order valence-corrected chi connectivity index (χ1v) is 26.6. The van der Waals surface area contributed by atoms with Gasteiger partial charge in [0.1, 0.15) is 0 Å². The van der Waals surface area contributed by atoms with Gasteiger partial charge in [-0.25, -0.2) is 0 Å². The lowest BCUT2D eigenvalue weighted by molar-refractivity contribution is 0.662. The van der Waals surface area contributed by atoms with E-state index in [-0.39, 0.29) is 5.41 Å². The topological polar surface area (TPSA) is 6.48 Å². The Kier molecular flexibility index (Phi) is 12.3. The number of hydrogen-bond acceptors (Lipinski definition) is 2. The first kappa shape index (κ1) is 47.0. The first-order chi connectivity index (χ1) is 37.9. The van der Waals surface area contributed by atoms with Crippen LogP contribution in [-0.4, -0.2) is 0 Å². The molecule has 2 heteroatoms. The Morgan fingerprint density at radius 3 is 0.779 bits per heavy atom. The van der Waals surface area contributed by atoms with Crippen LogP contribution in [0.5, 0.6) is 0 Å². The molecule has 77 heavy (non-hydrogen) atoms. The molecule has 366 valence electrons. The fourth-order valence-corrected chi connectivity index (χ4v) is 11.5. The van der Waals surface area contributed by atoms with Crippen molar-refractivity contribution in [3.05, 3.63) is 314 Å². The third-order valence-corrected chi connectivity index (χ3v) is 15.5. The number of rotatable bonds is 12. The maximum Gasteiger partial charge on any atom is 0.0462 e. The van der Waals surface area contributed by atoms with Gasteiger partial charge in [0.2, 0.25) is 0 Å². The molecule has 12 aromatic rings. The Morgan fingerprint density at radius 2 is 0.455 bits per heavy atom. The van der Waals surface area contributed by atoms with Crippen molar-refractivity contribution >= 4 is 34.1 Å². The van der Waals surface area contributed by atoms with Gasteiger partial charge in [-0.1, -0.05) is 232 Å². The molecule has 1 aliphatic rings. The maximum absolute atomic E-state index is 2.43. The second-order valence-corrected chi connectivity index (χ2v) is 20.5. The van der Waals surface area contributed by atoms with Crippen LogP contribution in [0.15, 0.2) is 303 Å². The summed E-state index contributed by atoms with van der Waals surface area (Å²) in [4.78, 5) is 4.73. The van der Waals surface area contributed by atoms with Crippen LogP contribution in [0.3, 0.4) is 0 Å². The van der Waals surface area contributed by atoms with Crippen LogP contribution >= 0.6 is 0 Å². The predicted molar refractivity (Wildman–Crippen MR) is 326 cm³/mol. The third-order valence-electron chi connectivity index (χ3n) is 15.5. The number of anilines is 6. The molecule has 0 bridgehead atoms. The van der Waals surface area contributed by atoms with Crippen LogP contribution < -0.4 is 9.80 Å². The third kappa shape index (κ3) is 9.11. The lowest BCUT2D eigenvalue weighted by atomic mass is 9.78. The van der Waals surface area contributed by atoms with E-state index in [2.05, 4.69) is 327 Å². The van der Waals surface area contributed by atoms with Crippen molar-refractivity contribution in [1.82, 2.24) is 0 Å². The molecular formula is C75H56N2. The minimum atomic E-state index is -0.206. The van der Waals surface area contributed by atoms with E-state index in [9.17, 15) is 0 Å². The Morgan fingerprint density at radius 1 is 0.208 bits per heavy atom. The molecule has 0 radical (unpaired) electrons. The average molecular weight is 985 g/mol. The summed E-state index contributed by atoms with van der Waals surface area (Å²) in [7, 11) is 0. The van der Waals surface area contributed by atoms with Crippen LogP contribution in [0.4, 0.5) is 34.1 Å². The van der Waals surface area contributed by atoms with Gasteiger partial charge in [0.25, 0.3) is 0 Å². The van der Waals surface area contributed by atoms with Gasteiger partial charge >= 0.3 is 0 Å². The Bertz CT molecular complexity index is 3800. The second kappa shape index (κ2) is 20.2. The summed E-state index contributed by atoms with van der Waals surface area (Å²) in [5.74, 6) is 0. The van der Waals surface area contributed by atoms with Crippen molar-refractivity contribution in [2.45, 2.75) is 19.3 Å². The van der Waals surface area contributed by atoms with Crippen LogP contribution in [-0.2, 0) is 5.41 Å². The fraction of sp³-hybridized carbons (Fsp3) is 0.0400. The van der Waals surface area contributed by atoms with Crippen molar-refractivity contribution in [1.29, 1.82) is 0 Å². The SMILES string of the molecule is CC1(C)c2ccccc2-c2cc(-c3ccc(N(c4ccc(-c5ccccc5)cc4)c4ccc(-c5ccccc5)cc4)cc3)cc(-c3ccc(N(c4ccc(-c5ccccc5)cc4)c4ccc(-c5ccccc5)cc4)cc3)c21. The number of fused-ring (bicyclic) bond motifs is 3. The van der Waals surface area contributed by atoms with Gasteiger partial charge in [-0.15, -0.1) is 0 Å². The molecule has 0 amide bonds. The van der Waals surface area contributed by atoms with E-state index in [1.807, 2.05) is 0 Å². The Balaban J connectivity index is 0.884. The molecule has 1 aliphatic carbocycles. The summed E-state index contributed by atoms with van der Waals surface area (Å²) in [5, 5.41) is 0. The van der Waals surface area contributed by atoms with Crippen molar-refractivity contribution < 1.29 is 0 Å². The second-order valence-electron chi connectivity index (χ2n) is 20.5. The van der Waals surface area contributed by atoms with Crippen molar-refractivity contribution in [2.75, 3.05) is 9.80 Å². The van der Waals surface area contributed by atoms with Gasteiger partial charge in [0.05, 0.1) is 0 Å².